The first kappa shape index (κ1) is 18.0. The quantitative estimate of drug-likeness (QED) is 0.366. The Hall–Kier alpha value is -1.40. The Kier molecular flexibility index (Phi) is 13.4. The lowest BCUT2D eigenvalue weighted by molar-refractivity contribution is -0.139. The van der Waals surface area contributed by atoms with Crippen molar-refractivity contribution in [1.82, 2.24) is 0 Å². The highest BCUT2D eigenvalue weighted by Gasteiger charge is 2.07. The molecule has 0 aliphatic carbocycles. The number of hydrogen-bond donors (Lipinski definition) is 4. The molecule has 0 amide bonds. The molecule has 0 fully saturated rings. The van der Waals surface area contributed by atoms with Gasteiger partial charge in [0.2, 0.25) is 0 Å². The van der Waals surface area contributed by atoms with Crippen LogP contribution in [0.4, 0.5) is 0 Å². The van der Waals surface area contributed by atoms with Crippen molar-refractivity contribution in [2.24, 2.45) is 11.5 Å². The summed E-state index contributed by atoms with van der Waals surface area (Å²) in [6.07, 6.45) is 4.29. The standard InChI is InChI=1S/C6H16N2.C5H6O4/c7-5-3-1-2-4-6-8;1-3(5(8)9)2-4(6)7/h1-8H2;1-2H2,(H,6,7)(H,8,9). The summed E-state index contributed by atoms with van der Waals surface area (Å²) >= 11 is 0. The van der Waals surface area contributed by atoms with Crippen LogP contribution in [0.3, 0.4) is 0 Å². The minimum absolute atomic E-state index is 0.303. The van der Waals surface area contributed by atoms with Crippen LogP contribution in [0, 0.1) is 0 Å². The molecule has 0 rings (SSSR count). The van der Waals surface area contributed by atoms with Crippen molar-refractivity contribution in [1.29, 1.82) is 0 Å². The zero-order valence-electron chi connectivity index (χ0n) is 10.0. The molecule has 0 aromatic rings. The predicted octanol–water partition coefficient (Wildman–Crippen LogP) is 0.566. The zero-order chi connectivity index (χ0) is 13.7. The number of rotatable bonds is 8. The summed E-state index contributed by atoms with van der Waals surface area (Å²) in [6, 6.07) is 0. The van der Waals surface area contributed by atoms with E-state index in [1.807, 2.05) is 0 Å². The first-order chi connectivity index (χ1) is 7.95. The van der Waals surface area contributed by atoms with Crippen LogP contribution in [-0.4, -0.2) is 35.2 Å². The van der Waals surface area contributed by atoms with Crippen LogP contribution in [-0.2, 0) is 9.59 Å². The van der Waals surface area contributed by atoms with Gasteiger partial charge in [0.25, 0.3) is 0 Å². The summed E-state index contributed by atoms with van der Waals surface area (Å²) in [5, 5.41) is 16.1. The molecule has 0 saturated carbocycles. The monoisotopic (exact) mass is 246 g/mol. The van der Waals surface area contributed by atoms with Crippen molar-refractivity contribution < 1.29 is 19.8 Å². The summed E-state index contributed by atoms with van der Waals surface area (Å²) in [6.45, 7) is 4.66. The molecule has 0 atom stereocenters. The number of carbonyl (C=O) groups is 2. The Morgan fingerprint density at radius 2 is 1.35 bits per heavy atom. The van der Waals surface area contributed by atoms with Crippen molar-refractivity contribution in [3.63, 3.8) is 0 Å². The largest absolute Gasteiger partial charge is 0.481 e. The van der Waals surface area contributed by atoms with E-state index < -0.39 is 18.4 Å². The van der Waals surface area contributed by atoms with Crippen LogP contribution in [0.25, 0.3) is 0 Å². The third kappa shape index (κ3) is 17.2. The molecule has 0 heterocycles. The van der Waals surface area contributed by atoms with E-state index in [9.17, 15) is 9.59 Å². The fourth-order valence-corrected chi connectivity index (χ4v) is 0.900. The molecule has 6 N–H and O–H groups in total. The summed E-state index contributed by atoms with van der Waals surface area (Å²) in [7, 11) is 0. The van der Waals surface area contributed by atoms with Gasteiger partial charge in [0.05, 0.1) is 6.42 Å². The second-order valence-corrected chi connectivity index (χ2v) is 3.47. The van der Waals surface area contributed by atoms with Gasteiger partial charge in [0.15, 0.2) is 0 Å². The number of carboxylic acid groups (broad SMARTS) is 2. The summed E-state index contributed by atoms with van der Waals surface area (Å²) in [5.74, 6) is -2.44. The lowest BCUT2D eigenvalue weighted by Gasteiger charge is -1.94. The molecule has 6 nitrogen and oxygen atoms in total. The van der Waals surface area contributed by atoms with Gasteiger partial charge in [-0.3, -0.25) is 4.79 Å². The van der Waals surface area contributed by atoms with Crippen LogP contribution in [0.15, 0.2) is 12.2 Å². The molecule has 0 bridgehead atoms. The molecule has 0 spiro atoms. The van der Waals surface area contributed by atoms with Gasteiger partial charge < -0.3 is 21.7 Å². The van der Waals surface area contributed by atoms with Crippen molar-refractivity contribution in [3.05, 3.63) is 12.2 Å². The normalized spacial score (nSPS) is 9.06. The van der Waals surface area contributed by atoms with Crippen molar-refractivity contribution in [3.8, 4) is 0 Å². The molecule has 0 saturated heterocycles. The van der Waals surface area contributed by atoms with E-state index >= 15 is 0 Å². The SMILES string of the molecule is C=C(CC(=O)O)C(=O)O.NCCCCCCN. The molecular weight excluding hydrogens is 224 g/mol. The maximum atomic E-state index is 9.87. The van der Waals surface area contributed by atoms with Crippen molar-refractivity contribution >= 4 is 11.9 Å². The highest BCUT2D eigenvalue weighted by molar-refractivity contribution is 5.91. The fourth-order valence-electron chi connectivity index (χ4n) is 0.900. The average molecular weight is 246 g/mol. The van der Waals surface area contributed by atoms with Gasteiger partial charge in [-0.25, -0.2) is 4.79 Å². The topological polar surface area (TPSA) is 127 Å². The molecule has 6 heteroatoms. The van der Waals surface area contributed by atoms with Crippen LogP contribution >= 0.6 is 0 Å². The molecule has 0 aromatic heterocycles. The highest BCUT2D eigenvalue weighted by Crippen LogP contribution is 1.96. The zero-order valence-corrected chi connectivity index (χ0v) is 10.0. The van der Waals surface area contributed by atoms with Crippen LogP contribution in [0.1, 0.15) is 32.1 Å². The maximum absolute atomic E-state index is 9.87. The van der Waals surface area contributed by atoms with Gasteiger partial charge >= 0.3 is 11.9 Å². The number of carboxylic acids is 2. The third-order valence-corrected chi connectivity index (χ3v) is 1.83. The van der Waals surface area contributed by atoms with E-state index in [1.54, 1.807) is 0 Å². The van der Waals surface area contributed by atoms with Gasteiger partial charge in [-0.1, -0.05) is 19.4 Å². The smallest absolute Gasteiger partial charge is 0.331 e. The first-order valence-corrected chi connectivity index (χ1v) is 5.48. The van der Waals surface area contributed by atoms with Gasteiger partial charge in [0, 0.05) is 5.57 Å². The Morgan fingerprint density at radius 1 is 0.941 bits per heavy atom. The highest BCUT2D eigenvalue weighted by atomic mass is 16.4. The molecule has 100 valence electrons. The van der Waals surface area contributed by atoms with E-state index in [4.69, 9.17) is 21.7 Å². The number of unbranched alkanes of at least 4 members (excludes halogenated alkanes) is 3. The average Bonchev–Trinajstić information content (AvgIpc) is 2.24. The van der Waals surface area contributed by atoms with Crippen LogP contribution in [0.2, 0.25) is 0 Å². The molecular formula is C11H22N2O4. The third-order valence-electron chi connectivity index (χ3n) is 1.83. The minimum atomic E-state index is -1.27. The molecule has 0 radical (unpaired) electrons. The van der Waals surface area contributed by atoms with E-state index in [0.717, 1.165) is 25.9 Å². The maximum Gasteiger partial charge on any atom is 0.331 e. The van der Waals surface area contributed by atoms with Crippen LogP contribution in [0.5, 0.6) is 0 Å². The summed E-state index contributed by atoms with van der Waals surface area (Å²) in [4.78, 5) is 19.7. The van der Waals surface area contributed by atoms with E-state index in [1.165, 1.54) is 12.8 Å². The minimum Gasteiger partial charge on any atom is -0.481 e. The lowest BCUT2D eigenvalue weighted by Crippen LogP contribution is -2.04. The van der Waals surface area contributed by atoms with E-state index in [2.05, 4.69) is 6.58 Å². The molecule has 0 aliphatic heterocycles. The van der Waals surface area contributed by atoms with Gasteiger partial charge in [0.1, 0.15) is 0 Å². The molecule has 0 aliphatic rings. The second kappa shape index (κ2) is 12.7. The van der Waals surface area contributed by atoms with Gasteiger partial charge in [-0.2, -0.15) is 0 Å². The van der Waals surface area contributed by atoms with E-state index in [-0.39, 0.29) is 5.57 Å². The molecule has 17 heavy (non-hydrogen) atoms. The van der Waals surface area contributed by atoms with Crippen molar-refractivity contribution in [2.45, 2.75) is 32.1 Å². The van der Waals surface area contributed by atoms with Crippen molar-refractivity contribution in [2.75, 3.05) is 13.1 Å². The van der Waals surface area contributed by atoms with E-state index in [0.29, 0.717) is 0 Å². The first-order valence-electron chi connectivity index (χ1n) is 5.48. The summed E-state index contributed by atoms with van der Waals surface area (Å²) in [5.41, 5.74) is 10.3. The fraction of sp³-hybridized carbons (Fsp3) is 0.636. The Labute approximate surface area is 101 Å². The Morgan fingerprint density at radius 3 is 1.53 bits per heavy atom. The summed E-state index contributed by atoms with van der Waals surface area (Å²) < 4.78 is 0. The van der Waals surface area contributed by atoms with Crippen LogP contribution < -0.4 is 11.5 Å². The number of nitrogens with two attached hydrogens (primary N) is 2. The second-order valence-electron chi connectivity index (χ2n) is 3.47. The lowest BCUT2D eigenvalue weighted by atomic mass is 10.2. The molecule has 0 aromatic carbocycles. The van der Waals surface area contributed by atoms with Gasteiger partial charge in [-0.05, 0) is 25.9 Å². The van der Waals surface area contributed by atoms with Gasteiger partial charge in [-0.15, -0.1) is 0 Å². The number of aliphatic carboxylic acids is 2. The Bertz CT molecular complexity index is 236. The molecule has 0 unspecified atom stereocenters. The number of hydrogen-bond acceptors (Lipinski definition) is 4. The predicted molar refractivity (Wildman–Crippen MR) is 65.6 cm³/mol. The Balaban J connectivity index is 0.